The van der Waals surface area contributed by atoms with Crippen molar-refractivity contribution in [3.63, 3.8) is 0 Å². The molecule has 78 valence electrons. The van der Waals surface area contributed by atoms with Gasteiger partial charge in [-0.25, -0.2) is 4.98 Å². The summed E-state index contributed by atoms with van der Waals surface area (Å²) in [6.07, 6.45) is 0.610. The molecule has 0 aliphatic carbocycles. The van der Waals surface area contributed by atoms with E-state index in [1.165, 1.54) is 4.90 Å². The van der Waals surface area contributed by atoms with Gasteiger partial charge >= 0.3 is 0 Å². The lowest BCUT2D eigenvalue weighted by molar-refractivity contribution is -0.139. The van der Waals surface area contributed by atoms with Crippen molar-refractivity contribution in [3.05, 3.63) is 29.0 Å². The van der Waals surface area contributed by atoms with Gasteiger partial charge in [0.1, 0.15) is 5.15 Å². The van der Waals surface area contributed by atoms with E-state index in [0.29, 0.717) is 23.7 Å². The molecule has 4 nitrogen and oxygen atoms in total. The SMILES string of the molecule is O=C1CCC(=O)N1Cc1cccc(Cl)n1. The second-order valence-corrected chi connectivity index (χ2v) is 3.71. The van der Waals surface area contributed by atoms with Gasteiger partial charge in [-0.3, -0.25) is 14.5 Å². The third kappa shape index (κ3) is 2.15. The minimum atomic E-state index is -0.137. The Hall–Kier alpha value is -1.42. The second kappa shape index (κ2) is 3.98. The number of hydrogen-bond donors (Lipinski definition) is 0. The zero-order valence-electron chi connectivity index (χ0n) is 7.94. The average molecular weight is 225 g/mol. The van der Waals surface area contributed by atoms with Crippen LogP contribution >= 0.6 is 11.6 Å². The Balaban J connectivity index is 2.15. The van der Waals surface area contributed by atoms with Crippen molar-refractivity contribution in [2.24, 2.45) is 0 Å². The van der Waals surface area contributed by atoms with Crippen LogP contribution in [0.2, 0.25) is 5.15 Å². The van der Waals surface area contributed by atoms with E-state index in [-0.39, 0.29) is 18.4 Å². The lowest BCUT2D eigenvalue weighted by Gasteiger charge is -2.12. The van der Waals surface area contributed by atoms with Gasteiger partial charge in [0.25, 0.3) is 0 Å². The molecule has 0 N–H and O–H groups in total. The molecular formula is C10H9ClN2O2. The van der Waals surface area contributed by atoms with Gasteiger partial charge in [0, 0.05) is 12.8 Å². The van der Waals surface area contributed by atoms with Crippen LogP contribution in [0.5, 0.6) is 0 Å². The summed E-state index contributed by atoms with van der Waals surface area (Å²) in [5, 5.41) is 0.367. The molecule has 0 saturated carbocycles. The highest BCUT2D eigenvalue weighted by Crippen LogP contribution is 2.15. The topological polar surface area (TPSA) is 50.3 Å². The summed E-state index contributed by atoms with van der Waals surface area (Å²) in [6.45, 7) is 0.220. The van der Waals surface area contributed by atoms with Crippen LogP contribution in [0.15, 0.2) is 18.2 Å². The maximum absolute atomic E-state index is 11.3. The molecular weight excluding hydrogens is 216 g/mol. The zero-order chi connectivity index (χ0) is 10.8. The van der Waals surface area contributed by atoms with Gasteiger partial charge in [0.15, 0.2) is 0 Å². The highest BCUT2D eigenvalue weighted by atomic mass is 35.5. The zero-order valence-corrected chi connectivity index (χ0v) is 8.70. The smallest absolute Gasteiger partial charge is 0.230 e. The van der Waals surface area contributed by atoms with Crippen molar-refractivity contribution in [2.75, 3.05) is 0 Å². The standard InChI is InChI=1S/C10H9ClN2O2/c11-8-3-1-2-7(12-8)6-13-9(14)4-5-10(13)15/h1-3H,4-6H2. The molecule has 1 aliphatic rings. The summed E-state index contributed by atoms with van der Waals surface area (Å²) in [6, 6.07) is 5.14. The first-order valence-electron chi connectivity index (χ1n) is 4.61. The van der Waals surface area contributed by atoms with E-state index in [2.05, 4.69) is 4.98 Å². The van der Waals surface area contributed by atoms with Gasteiger partial charge in [-0.05, 0) is 12.1 Å². The van der Waals surface area contributed by atoms with Crippen LogP contribution in [0.1, 0.15) is 18.5 Å². The Kier molecular flexibility index (Phi) is 2.68. The number of likely N-dealkylation sites (tertiary alicyclic amines) is 1. The Bertz CT molecular complexity index is 404. The summed E-state index contributed by atoms with van der Waals surface area (Å²) >= 11 is 5.70. The van der Waals surface area contributed by atoms with Crippen LogP contribution in [-0.4, -0.2) is 21.7 Å². The minimum absolute atomic E-state index is 0.137. The molecule has 5 heteroatoms. The van der Waals surface area contributed by atoms with E-state index in [1.54, 1.807) is 18.2 Å². The Morgan fingerprint density at radius 1 is 1.27 bits per heavy atom. The molecule has 0 aromatic carbocycles. The molecule has 1 fully saturated rings. The fraction of sp³-hybridized carbons (Fsp3) is 0.300. The summed E-state index contributed by atoms with van der Waals surface area (Å²) in [5.41, 5.74) is 0.631. The maximum Gasteiger partial charge on any atom is 0.230 e. The molecule has 1 saturated heterocycles. The quantitative estimate of drug-likeness (QED) is 0.563. The number of amides is 2. The second-order valence-electron chi connectivity index (χ2n) is 3.33. The third-order valence-electron chi connectivity index (χ3n) is 2.25. The van der Waals surface area contributed by atoms with Crippen molar-refractivity contribution in [1.29, 1.82) is 0 Å². The normalized spacial score (nSPS) is 16.2. The number of imide groups is 1. The number of halogens is 1. The lowest BCUT2D eigenvalue weighted by atomic mass is 10.3. The summed E-state index contributed by atoms with van der Waals surface area (Å²) in [5.74, 6) is -0.274. The first-order chi connectivity index (χ1) is 7.16. The Morgan fingerprint density at radius 2 is 1.93 bits per heavy atom. The van der Waals surface area contributed by atoms with Crippen molar-refractivity contribution < 1.29 is 9.59 Å². The number of carbonyl (C=O) groups is 2. The fourth-order valence-corrected chi connectivity index (χ4v) is 1.68. The van der Waals surface area contributed by atoms with Gasteiger partial charge in [0.05, 0.1) is 12.2 Å². The molecule has 1 aromatic rings. The molecule has 1 aromatic heterocycles. The molecule has 0 bridgehead atoms. The van der Waals surface area contributed by atoms with Gasteiger partial charge in [0.2, 0.25) is 11.8 Å². The van der Waals surface area contributed by atoms with E-state index in [0.717, 1.165) is 0 Å². The van der Waals surface area contributed by atoms with E-state index in [4.69, 9.17) is 11.6 Å². The lowest BCUT2D eigenvalue weighted by Crippen LogP contribution is -2.28. The van der Waals surface area contributed by atoms with Crippen molar-refractivity contribution >= 4 is 23.4 Å². The average Bonchev–Trinajstić information content (AvgIpc) is 2.50. The monoisotopic (exact) mass is 224 g/mol. The predicted octanol–water partition coefficient (Wildman–Crippen LogP) is 1.38. The number of carbonyl (C=O) groups excluding carboxylic acids is 2. The van der Waals surface area contributed by atoms with Crippen LogP contribution in [0.25, 0.3) is 0 Å². The summed E-state index contributed by atoms with van der Waals surface area (Å²) in [4.78, 5) is 27.9. The van der Waals surface area contributed by atoms with Crippen molar-refractivity contribution in [2.45, 2.75) is 19.4 Å². The molecule has 15 heavy (non-hydrogen) atoms. The molecule has 0 atom stereocenters. The Labute approximate surface area is 91.9 Å². The van der Waals surface area contributed by atoms with Gasteiger partial charge in [-0.1, -0.05) is 17.7 Å². The highest BCUT2D eigenvalue weighted by Gasteiger charge is 2.28. The van der Waals surface area contributed by atoms with E-state index < -0.39 is 0 Å². The third-order valence-corrected chi connectivity index (χ3v) is 2.46. The number of hydrogen-bond acceptors (Lipinski definition) is 3. The molecule has 0 spiro atoms. The largest absolute Gasteiger partial charge is 0.277 e. The van der Waals surface area contributed by atoms with Gasteiger partial charge < -0.3 is 0 Å². The van der Waals surface area contributed by atoms with Gasteiger partial charge in [-0.2, -0.15) is 0 Å². The van der Waals surface area contributed by atoms with Crippen molar-refractivity contribution in [3.8, 4) is 0 Å². The van der Waals surface area contributed by atoms with E-state index >= 15 is 0 Å². The summed E-state index contributed by atoms with van der Waals surface area (Å²) < 4.78 is 0. The van der Waals surface area contributed by atoms with E-state index in [9.17, 15) is 9.59 Å². The molecule has 2 rings (SSSR count). The van der Waals surface area contributed by atoms with Crippen LogP contribution < -0.4 is 0 Å². The minimum Gasteiger partial charge on any atom is -0.277 e. The van der Waals surface area contributed by atoms with Crippen LogP contribution in [0.3, 0.4) is 0 Å². The molecule has 0 unspecified atom stereocenters. The first kappa shape index (κ1) is 10.1. The molecule has 0 radical (unpaired) electrons. The molecule has 2 amide bonds. The molecule has 1 aliphatic heterocycles. The maximum atomic E-state index is 11.3. The molecule has 2 heterocycles. The first-order valence-corrected chi connectivity index (χ1v) is 4.99. The highest BCUT2D eigenvalue weighted by molar-refractivity contribution is 6.29. The van der Waals surface area contributed by atoms with Crippen LogP contribution in [0, 0.1) is 0 Å². The number of nitrogens with zero attached hydrogens (tertiary/aromatic N) is 2. The Morgan fingerprint density at radius 3 is 2.53 bits per heavy atom. The van der Waals surface area contributed by atoms with Crippen LogP contribution in [0.4, 0.5) is 0 Å². The van der Waals surface area contributed by atoms with Crippen LogP contribution in [-0.2, 0) is 16.1 Å². The summed E-state index contributed by atoms with van der Waals surface area (Å²) in [7, 11) is 0. The number of rotatable bonds is 2. The van der Waals surface area contributed by atoms with Gasteiger partial charge in [-0.15, -0.1) is 0 Å². The number of pyridine rings is 1. The predicted molar refractivity (Wildman–Crippen MR) is 54.0 cm³/mol. The van der Waals surface area contributed by atoms with Crippen molar-refractivity contribution in [1.82, 2.24) is 9.88 Å². The number of aromatic nitrogens is 1. The fourth-order valence-electron chi connectivity index (χ4n) is 1.50. The van der Waals surface area contributed by atoms with E-state index in [1.807, 2.05) is 0 Å².